The summed E-state index contributed by atoms with van der Waals surface area (Å²) in [5.41, 5.74) is 2.48. The zero-order valence-electron chi connectivity index (χ0n) is 19.5. The number of fused-ring (bicyclic) bond motifs is 1. The zero-order valence-corrected chi connectivity index (χ0v) is 22.0. The van der Waals surface area contributed by atoms with Gasteiger partial charge >= 0.3 is 0 Å². The van der Waals surface area contributed by atoms with Crippen molar-refractivity contribution in [3.8, 4) is 0 Å². The smallest absolute Gasteiger partial charge is 0.259 e. The second kappa shape index (κ2) is 9.94. The molecule has 0 saturated heterocycles. The van der Waals surface area contributed by atoms with Crippen molar-refractivity contribution in [1.29, 1.82) is 0 Å². The van der Waals surface area contributed by atoms with Gasteiger partial charge in [-0.1, -0.05) is 84.4 Å². The molecule has 0 unspecified atom stereocenters. The third kappa shape index (κ3) is 5.38. The highest BCUT2D eigenvalue weighted by Crippen LogP contribution is 2.29. The van der Waals surface area contributed by atoms with Crippen LogP contribution in [0, 0.1) is 5.82 Å². The summed E-state index contributed by atoms with van der Waals surface area (Å²) in [6, 6.07) is 19.3. The number of carbonyl (C=O) groups excluding carboxylic acids is 1. The Morgan fingerprint density at radius 3 is 2.26 bits per heavy atom. The molecule has 1 aromatic heterocycles. The highest BCUT2D eigenvalue weighted by molar-refractivity contribution is 6.88. The molecule has 1 heterocycles. The molecule has 7 heteroatoms. The van der Waals surface area contributed by atoms with E-state index in [1.807, 2.05) is 24.3 Å². The van der Waals surface area contributed by atoms with E-state index in [2.05, 4.69) is 48.9 Å². The first kappa shape index (κ1) is 24.5. The Labute approximate surface area is 210 Å². The molecule has 176 valence electrons. The molecule has 0 radical (unpaired) electrons. The molecule has 1 amide bonds. The van der Waals surface area contributed by atoms with Crippen molar-refractivity contribution in [2.24, 2.45) is 0 Å². The molecule has 0 aliphatic rings. The molecule has 3 aromatic carbocycles. The van der Waals surface area contributed by atoms with Crippen LogP contribution in [-0.2, 0) is 13.0 Å². The van der Waals surface area contributed by atoms with E-state index < -0.39 is 19.8 Å². The minimum absolute atomic E-state index is 0.0256. The minimum Gasteiger partial charge on any atom is -0.360 e. The molecule has 0 atom stereocenters. The van der Waals surface area contributed by atoms with Crippen LogP contribution in [0.5, 0.6) is 0 Å². The standard InChI is InChI=1S/C27H27Cl2FN2OSi/c1-34(2,3)22-10-6-19(7-11-22)17-32(15-13-18-4-8-21(28)9-5-18)27(33)24-25(30)23(29)16-20-12-14-31-26(20)24/h4-12,14,16,31H,13,15,17H2,1-3H3. The van der Waals surface area contributed by atoms with Crippen molar-refractivity contribution in [3.05, 3.63) is 99.4 Å². The van der Waals surface area contributed by atoms with Gasteiger partial charge in [0.2, 0.25) is 0 Å². The average Bonchev–Trinajstić information content (AvgIpc) is 3.25. The molecule has 0 aliphatic heterocycles. The van der Waals surface area contributed by atoms with E-state index in [0.717, 1.165) is 11.1 Å². The number of H-pyrrole nitrogens is 1. The number of benzene rings is 3. The number of aromatic amines is 1. The normalized spacial score (nSPS) is 11.7. The number of halogens is 3. The van der Waals surface area contributed by atoms with Crippen LogP contribution < -0.4 is 5.19 Å². The SMILES string of the molecule is C[Si](C)(C)c1ccc(CN(CCc2ccc(Cl)cc2)C(=O)c2c(F)c(Cl)cc3cc[nH]c23)cc1. The number of nitrogens with one attached hydrogen (secondary N) is 1. The van der Waals surface area contributed by atoms with Gasteiger partial charge in [-0.05, 0) is 41.8 Å². The number of carbonyl (C=O) groups is 1. The maximum Gasteiger partial charge on any atom is 0.259 e. The van der Waals surface area contributed by atoms with E-state index in [4.69, 9.17) is 23.2 Å². The quantitative estimate of drug-likeness (QED) is 0.264. The Morgan fingerprint density at radius 1 is 0.971 bits per heavy atom. The van der Waals surface area contributed by atoms with Gasteiger partial charge in [-0.3, -0.25) is 4.79 Å². The van der Waals surface area contributed by atoms with E-state index in [1.54, 1.807) is 17.2 Å². The third-order valence-electron chi connectivity index (χ3n) is 6.02. The summed E-state index contributed by atoms with van der Waals surface area (Å²) in [5, 5.41) is 2.65. The fraction of sp³-hybridized carbons (Fsp3) is 0.222. The van der Waals surface area contributed by atoms with E-state index in [0.29, 0.717) is 35.4 Å². The highest BCUT2D eigenvalue weighted by atomic mass is 35.5. The van der Waals surface area contributed by atoms with Gasteiger partial charge in [0.1, 0.15) is 5.56 Å². The predicted molar refractivity (Wildman–Crippen MR) is 143 cm³/mol. The maximum atomic E-state index is 15.1. The Bertz CT molecular complexity index is 1310. The van der Waals surface area contributed by atoms with Crippen LogP contribution >= 0.6 is 23.2 Å². The minimum atomic E-state index is -1.43. The first-order chi connectivity index (χ1) is 16.1. The van der Waals surface area contributed by atoms with Crippen LogP contribution in [0.1, 0.15) is 21.5 Å². The lowest BCUT2D eigenvalue weighted by atomic mass is 10.1. The van der Waals surface area contributed by atoms with Crippen LogP contribution in [-0.4, -0.2) is 30.4 Å². The van der Waals surface area contributed by atoms with Gasteiger partial charge in [-0.2, -0.15) is 0 Å². The number of aromatic nitrogens is 1. The summed E-state index contributed by atoms with van der Waals surface area (Å²) in [6.07, 6.45) is 2.30. The second-order valence-corrected chi connectivity index (χ2v) is 15.5. The van der Waals surface area contributed by atoms with E-state index in [1.165, 1.54) is 11.3 Å². The van der Waals surface area contributed by atoms with E-state index in [-0.39, 0.29) is 10.6 Å². The number of nitrogens with zero attached hydrogens (tertiary/aromatic N) is 1. The highest BCUT2D eigenvalue weighted by Gasteiger charge is 2.25. The van der Waals surface area contributed by atoms with Gasteiger partial charge in [-0.25, -0.2) is 4.39 Å². The average molecular weight is 514 g/mol. The maximum absolute atomic E-state index is 15.1. The molecule has 0 fully saturated rings. The molecular formula is C27H27Cl2FN2OSi. The molecular weight excluding hydrogens is 486 g/mol. The fourth-order valence-corrected chi connectivity index (χ4v) is 5.51. The summed E-state index contributed by atoms with van der Waals surface area (Å²) >= 11 is 12.2. The lowest BCUT2D eigenvalue weighted by Gasteiger charge is -2.24. The van der Waals surface area contributed by atoms with Gasteiger partial charge in [0.15, 0.2) is 5.82 Å². The molecule has 34 heavy (non-hydrogen) atoms. The van der Waals surface area contributed by atoms with Crippen molar-refractivity contribution in [2.75, 3.05) is 6.54 Å². The van der Waals surface area contributed by atoms with E-state index in [9.17, 15) is 4.79 Å². The molecule has 0 spiro atoms. The molecule has 0 saturated carbocycles. The van der Waals surface area contributed by atoms with Gasteiger partial charge < -0.3 is 9.88 Å². The Morgan fingerprint density at radius 2 is 1.62 bits per heavy atom. The number of hydrogen-bond donors (Lipinski definition) is 1. The molecule has 4 rings (SSSR count). The first-order valence-electron chi connectivity index (χ1n) is 11.2. The van der Waals surface area contributed by atoms with Crippen LogP contribution in [0.15, 0.2) is 66.9 Å². The molecule has 4 aromatic rings. The zero-order chi connectivity index (χ0) is 24.5. The van der Waals surface area contributed by atoms with Gasteiger partial charge in [0, 0.05) is 29.7 Å². The van der Waals surface area contributed by atoms with Crippen molar-refractivity contribution in [2.45, 2.75) is 32.6 Å². The first-order valence-corrected chi connectivity index (χ1v) is 15.5. The molecule has 0 aliphatic carbocycles. The van der Waals surface area contributed by atoms with Gasteiger partial charge in [0.25, 0.3) is 5.91 Å². The van der Waals surface area contributed by atoms with Crippen LogP contribution in [0.2, 0.25) is 29.7 Å². The monoisotopic (exact) mass is 512 g/mol. The van der Waals surface area contributed by atoms with Crippen molar-refractivity contribution < 1.29 is 9.18 Å². The molecule has 3 nitrogen and oxygen atoms in total. The van der Waals surface area contributed by atoms with E-state index >= 15 is 4.39 Å². The van der Waals surface area contributed by atoms with Crippen LogP contribution in [0.25, 0.3) is 10.9 Å². The van der Waals surface area contributed by atoms with Crippen LogP contribution in [0.4, 0.5) is 4.39 Å². The van der Waals surface area contributed by atoms with Crippen LogP contribution in [0.3, 0.4) is 0 Å². The molecule has 1 N–H and O–H groups in total. The van der Waals surface area contributed by atoms with Crippen molar-refractivity contribution in [1.82, 2.24) is 9.88 Å². The fourth-order valence-electron chi connectivity index (χ4n) is 4.00. The summed E-state index contributed by atoms with van der Waals surface area (Å²) in [4.78, 5) is 18.4. The molecule has 0 bridgehead atoms. The van der Waals surface area contributed by atoms with Crippen molar-refractivity contribution >= 4 is 53.3 Å². The summed E-state index contributed by atoms with van der Waals surface area (Å²) < 4.78 is 15.1. The Hall–Kier alpha value is -2.60. The van der Waals surface area contributed by atoms with Crippen molar-refractivity contribution in [3.63, 3.8) is 0 Å². The van der Waals surface area contributed by atoms with Gasteiger partial charge in [-0.15, -0.1) is 0 Å². The van der Waals surface area contributed by atoms with Gasteiger partial charge in [0.05, 0.1) is 18.6 Å². The summed E-state index contributed by atoms with van der Waals surface area (Å²) in [5.74, 6) is -1.09. The lowest BCUT2D eigenvalue weighted by molar-refractivity contribution is 0.0742. The second-order valence-electron chi connectivity index (χ2n) is 9.54. The predicted octanol–water partition coefficient (Wildman–Crippen LogP) is 7.04. The lowest BCUT2D eigenvalue weighted by Crippen LogP contribution is -2.37. The number of amides is 1. The number of rotatable bonds is 7. The Balaban J connectivity index is 1.67. The third-order valence-corrected chi connectivity index (χ3v) is 8.61. The topological polar surface area (TPSA) is 36.1 Å². The Kier molecular flexibility index (Phi) is 7.17. The summed E-state index contributed by atoms with van der Waals surface area (Å²) in [6.45, 7) is 7.69. The summed E-state index contributed by atoms with van der Waals surface area (Å²) in [7, 11) is -1.43. The largest absolute Gasteiger partial charge is 0.360 e. The number of hydrogen-bond acceptors (Lipinski definition) is 1.